The van der Waals surface area contributed by atoms with Crippen LogP contribution in [0.1, 0.15) is 27.0 Å². The number of esters is 1. The lowest BCUT2D eigenvalue weighted by atomic mass is 10.0. The average Bonchev–Trinajstić information content (AvgIpc) is 2.81. The molecule has 4 rings (SSSR count). The first-order chi connectivity index (χ1) is 15.6. The van der Waals surface area contributed by atoms with Crippen molar-refractivity contribution in [3.8, 4) is 5.75 Å². The molecular formula is C27H22N2O3. The summed E-state index contributed by atoms with van der Waals surface area (Å²) in [6.45, 7) is 1.96. The van der Waals surface area contributed by atoms with E-state index >= 15 is 0 Å². The van der Waals surface area contributed by atoms with Crippen LogP contribution in [0.4, 0.5) is 0 Å². The number of hydrogen-bond acceptors (Lipinski definition) is 4. The zero-order chi connectivity index (χ0) is 22.3. The van der Waals surface area contributed by atoms with Crippen molar-refractivity contribution in [3.05, 3.63) is 113 Å². The number of nitrogens with zero attached hydrogens (tertiary/aromatic N) is 1. The highest BCUT2D eigenvalue weighted by atomic mass is 16.5. The Kier molecular flexibility index (Phi) is 6.37. The zero-order valence-corrected chi connectivity index (χ0v) is 17.6. The summed E-state index contributed by atoms with van der Waals surface area (Å²) in [5.41, 5.74) is 5.83. The molecule has 0 radical (unpaired) electrons. The van der Waals surface area contributed by atoms with E-state index in [2.05, 4.69) is 10.5 Å². The maximum atomic E-state index is 12.4. The summed E-state index contributed by atoms with van der Waals surface area (Å²) < 4.78 is 5.48. The number of benzene rings is 4. The molecule has 0 saturated carbocycles. The van der Waals surface area contributed by atoms with Gasteiger partial charge in [-0.05, 0) is 65.2 Å². The van der Waals surface area contributed by atoms with Crippen molar-refractivity contribution >= 4 is 28.9 Å². The van der Waals surface area contributed by atoms with Crippen LogP contribution in [0.15, 0.2) is 96.1 Å². The third kappa shape index (κ3) is 5.26. The molecule has 0 spiro atoms. The molecule has 0 heterocycles. The smallest absolute Gasteiger partial charge is 0.315 e. The van der Waals surface area contributed by atoms with Crippen molar-refractivity contribution in [2.24, 2.45) is 5.10 Å². The van der Waals surface area contributed by atoms with Gasteiger partial charge in [0.25, 0.3) is 5.91 Å². The Bertz CT molecular complexity index is 1270. The van der Waals surface area contributed by atoms with E-state index in [9.17, 15) is 9.59 Å². The monoisotopic (exact) mass is 422 g/mol. The summed E-state index contributed by atoms with van der Waals surface area (Å²) in [5.74, 6) is -0.149. The second kappa shape index (κ2) is 9.71. The van der Waals surface area contributed by atoms with Gasteiger partial charge >= 0.3 is 5.97 Å². The molecule has 158 valence electrons. The lowest BCUT2D eigenvalue weighted by Gasteiger charge is -2.07. The average molecular weight is 422 g/mol. The van der Waals surface area contributed by atoms with Crippen molar-refractivity contribution < 1.29 is 14.3 Å². The molecule has 0 aliphatic rings. The summed E-state index contributed by atoms with van der Waals surface area (Å²) in [5, 5.41) is 6.12. The second-order valence-corrected chi connectivity index (χ2v) is 7.42. The summed E-state index contributed by atoms with van der Waals surface area (Å²) >= 11 is 0. The number of amides is 1. The van der Waals surface area contributed by atoms with Crippen LogP contribution in [0.25, 0.3) is 10.8 Å². The van der Waals surface area contributed by atoms with Crippen LogP contribution in [0.5, 0.6) is 5.75 Å². The number of aryl methyl sites for hydroxylation is 1. The first kappa shape index (κ1) is 21.0. The van der Waals surface area contributed by atoms with Gasteiger partial charge < -0.3 is 4.74 Å². The maximum absolute atomic E-state index is 12.4. The first-order valence-corrected chi connectivity index (χ1v) is 10.3. The molecule has 0 aromatic heterocycles. The normalized spacial score (nSPS) is 10.9. The van der Waals surface area contributed by atoms with Crippen molar-refractivity contribution in [1.29, 1.82) is 0 Å². The van der Waals surface area contributed by atoms with Gasteiger partial charge in [-0.15, -0.1) is 0 Å². The third-order valence-electron chi connectivity index (χ3n) is 5.02. The van der Waals surface area contributed by atoms with Crippen LogP contribution in [-0.4, -0.2) is 18.1 Å². The molecule has 0 aliphatic heterocycles. The topological polar surface area (TPSA) is 67.8 Å². The number of nitrogens with one attached hydrogen (secondary N) is 1. The highest BCUT2D eigenvalue weighted by Crippen LogP contribution is 2.20. The molecule has 1 N–H and O–H groups in total. The molecule has 0 saturated heterocycles. The molecule has 4 aromatic rings. The third-order valence-corrected chi connectivity index (χ3v) is 5.02. The molecule has 0 unspecified atom stereocenters. The van der Waals surface area contributed by atoms with Crippen LogP contribution < -0.4 is 10.2 Å². The fourth-order valence-corrected chi connectivity index (χ4v) is 3.33. The number of ether oxygens (including phenoxy) is 1. The Hall–Kier alpha value is -4.25. The van der Waals surface area contributed by atoms with Crippen LogP contribution in [0, 0.1) is 6.92 Å². The minimum atomic E-state index is -0.326. The molecule has 5 nitrogen and oxygen atoms in total. The van der Waals surface area contributed by atoms with Gasteiger partial charge in [0.05, 0.1) is 12.6 Å². The fraction of sp³-hybridized carbons (Fsp3) is 0.0741. The van der Waals surface area contributed by atoms with E-state index in [1.54, 1.807) is 36.4 Å². The molecule has 0 bridgehead atoms. The number of carbonyl (C=O) groups excluding carboxylic acids is 2. The van der Waals surface area contributed by atoms with E-state index < -0.39 is 0 Å². The van der Waals surface area contributed by atoms with Crippen molar-refractivity contribution in [2.45, 2.75) is 13.3 Å². The van der Waals surface area contributed by atoms with Gasteiger partial charge in [-0.3, -0.25) is 9.59 Å². The Morgan fingerprint density at radius 2 is 1.59 bits per heavy atom. The van der Waals surface area contributed by atoms with Gasteiger partial charge in [-0.1, -0.05) is 60.2 Å². The van der Waals surface area contributed by atoms with Gasteiger partial charge in [-0.2, -0.15) is 5.10 Å². The van der Waals surface area contributed by atoms with E-state index in [0.29, 0.717) is 11.3 Å². The number of hydrazone groups is 1. The van der Waals surface area contributed by atoms with E-state index in [1.165, 1.54) is 6.21 Å². The van der Waals surface area contributed by atoms with Gasteiger partial charge in [0.1, 0.15) is 5.75 Å². The highest BCUT2D eigenvalue weighted by Gasteiger charge is 2.09. The minimum absolute atomic E-state index is 0.190. The van der Waals surface area contributed by atoms with E-state index in [4.69, 9.17) is 4.74 Å². The minimum Gasteiger partial charge on any atom is -0.426 e. The van der Waals surface area contributed by atoms with Gasteiger partial charge in [0.15, 0.2) is 0 Å². The van der Waals surface area contributed by atoms with Gasteiger partial charge in [-0.25, -0.2) is 5.43 Å². The first-order valence-electron chi connectivity index (χ1n) is 10.3. The second-order valence-electron chi connectivity index (χ2n) is 7.42. The number of carbonyl (C=O) groups is 2. The van der Waals surface area contributed by atoms with Crippen LogP contribution in [-0.2, 0) is 11.2 Å². The highest BCUT2D eigenvalue weighted by molar-refractivity contribution is 5.95. The van der Waals surface area contributed by atoms with E-state index in [0.717, 1.165) is 27.5 Å². The zero-order valence-electron chi connectivity index (χ0n) is 17.6. The van der Waals surface area contributed by atoms with Crippen molar-refractivity contribution in [3.63, 3.8) is 0 Å². The summed E-state index contributed by atoms with van der Waals surface area (Å²) in [6, 6.07) is 28.0. The van der Waals surface area contributed by atoms with Crippen LogP contribution >= 0.6 is 0 Å². The predicted molar refractivity (Wildman–Crippen MR) is 126 cm³/mol. The van der Waals surface area contributed by atoms with E-state index in [-0.39, 0.29) is 18.3 Å². The maximum Gasteiger partial charge on any atom is 0.315 e. The molecule has 0 aliphatic carbocycles. The Labute approximate surface area is 186 Å². The van der Waals surface area contributed by atoms with Crippen LogP contribution in [0.3, 0.4) is 0 Å². The number of fused-ring (bicyclic) bond motifs is 1. The number of rotatable bonds is 6. The summed E-state index contributed by atoms with van der Waals surface area (Å²) in [7, 11) is 0. The molecule has 4 aromatic carbocycles. The molecular weight excluding hydrogens is 400 g/mol. The Morgan fingerprint density at radius 1 is 0.875 bits per heavy atom. The van der Waals surface area contributed by atoms with Crippen molar-refractivity contribution in [1.82, 2.24) is 5.43 Å². The SMILES string of the molecule is Cc1ccc(C(=O)N/N=C/c2ccc(OC(=O)Cc3cccc4ccccc34)cc2)cc1. The lowest BCUT2D eigenvalue weighted by molar-refractivity contribution is -0.133. The quantitative estimate of drug-likeness (QED) is 0.204. The largest absolute Gasteiger partial charge is 0.426 e. The standard InChI is InChI=1S/C27H22N2O3/c1-19-9-13-22(14-10-19)27(31)29-28-18-20-11-15-24(16-12-20)32-26(30)17-23-7-4-6-21-5-2-3-8-25(21)23/h2-16,18H,17H2,1H3,(H,29,31)/b28-18+. The van der Waals surface area contributed by atoms with Crippen molar-refractivity contribution in [2.75, 3.05) is 0 Å². The summed E-state index contributed by atoms with van der Waals surface area (Å²) in [4.78, 5) is 24.5. The van der Waals surface area contributed by atoms with Gasteiger partial charge in [0.2, 0.25) is 0 Å². The Morgan fingerprint density at radius 3 is 2.38 bits per heavy atom. The van der Waals surface area contributed by atoms with E-state index in [1.807, 2.05) is 61.5 Å². The number of hydrogen-bond donors (Lipinski definition) is 1. The summed E-state index contributed by atoms with van der Waals surface area (Å²) in [6.07, 6.45) is 1.73. The lowest BCUT2D eigenvalue weighted by Crippen LogP contribution is -2.17. The molecule has 5 heteroatoms. The molecule has 1 amide bonds. The van der Waals surface area contributed by atoms with Gasteiger partial charge in [0, 0.05) is 5.56 Å². The molecule has 32 heavy (non-hydrogen) atoms. The van der Waals surface area contributed by atoms with Crippen LogP contribution in [0.2, 0.25) is 0 Å². The Balaban J connectivity index is 1.33. The fourth-order valence-electron chi connectivity index (χ4n) is 3.33. The molecule has 0 fully saturated rings. The predicted octanol–water partition coefficient (Wildman–Crippen LogP) is 5.06. The molecule has 0 atom stereocenters.